The number of ketones is 1. The number of aromatic nitrogens is 4. The second kappa shape index (κ2) is 9.60. The van der Waals surface area contributed by atoms with Crippen molar-refractivity contribution in [3.8, 4) is 0 Å². The molecule has 3 aromatic heterocycles. The fourth-order valence-electron chi connectivity index (χ4n) is 5.14. The minimum absolute atomic E-state index is 0.0545. The first-order valence-corrected chi connectivity index (χ1v) is 12.1. The number of pyridine rings is 2. The van der Waals surface area contributed by atoms with Crippen molar-refractivity contribution in [3.05, 3.63) is 51.6 Å². The van der Waals surface area contributed by atoms with E-state index in [1.54, 1.807) is 17.7 Å². The summed E-state index contributed by atoms with van der Waals surface area (Å²) in [6, 6.07) is 4.05. The van der Waals surface area contributed by atoms with Gasteiger partial charge in [-0.1, -0.05) is 18.9 Å². The van der Waals surface area contributed by atoms with Crippen LogP contribution in [0.2, 0.25) is 0 Å². The first-order chi connectivity index (χ1) is 16.5. The molecule has 3 aromatic rings. The summed E-state index contributed by atoms with van der Waals surface area (Å²) in [5.74, 6) is 0.815. The molecule has 0 spiro atoms. The van der Waals surface area contributed by atoms with Gasteiger partial charge in [0.2, 0.25) is 5.95 Å². The standard InChI is InChI=1S/C25H31N7O2/c1-16-20-14-28-25(29-21-8-7-18(13-27-21)15-31-11-9-26-10-12-31)30-23(20)32(19-5-3-4-6-19)24(34)22(16)17(2)33/h7-8,13-14,19,26H,3-6,9-12,15H2,1-2H3,(H,27,28,29,30). The molecule has 34 heavy (non-hydrogen) atoms. The summed E-state index contributed by atoms with van der Waals surface area (Å²) in [6.07, 6.45) is 7.56. The van der Waals surface area contributed by atoms with Crippen LogP contribution in [0.4, 0.5) is 11.8 Å². The van der Waals surface area contributed by atoms with Crippen molar-refractivity contribution < 1.29 is 4.79 Å². The van der Waals surface area contributed by atoms with Crippen LogP contribution in [0.5, 0.6) is 0 Å². The molecular formula is C25H31N7O2. The molecule has 0 amide bonds. The molecule has 4 heterocycles. The number of aryl methyl sites for hydroxylation is 1. The van der Waals surface area contributed by atoms with Gasteiger partial charge in [0, 0.05) is 56.5 Å². The number of nitrogens with zero attached hydrogens (tertiary/aromatic N) is 5. The van der Waals surface area contributed by atoms with Gasteiger partial charge < -0.3 is 10.6 Å². The molecule has 0 bridgehead atoms. The third-order valence-electron chi connectivity index (χ3n) is 6.93. The van der Waals surface area contributed by atoms with Crippen LogP contribution >= 0.6 is 0 Å². The van der Waals surface area contributed by atoms with Crippen molar-refractivity contribution in [3.63, 3.8) is 0 Å². The van der Waals surface area contributed by atoms with E-state index in [9.17, 15) is 9.59 Å². The van der Waals surface area contributed by atoms with Gasteiger partial charge in [0.1, 0.15) is 11.5 Å². The molecule has 0 radical (unpaired) electrons. The van der Waals surface area contributed by atoms with Crippen molar-refractivity contribution in [2.24, 2.45) is 0 Å². The van der Waals surface area contributed by atoms with E-state index >= 15 is 0 Å². The minimum Gasteiger partial charge on any atom is -0.314 e. The maximum Gasteiger partial charge on any atom is 0.263 e. The average Bonchev–Trinajstić information content (AvgIpc) is 3.35. The molecule has 9 heteroatoms. The molecule has 2 aliphatic rings. The van der Waals surface area contributed by atoms with Gasteiger partial charge in [0.25, 0.3) is 5.56 Å². The number of piperazine rings is 1. The maximum atomic E-state index is 13.3. The highest BCUT2D eigenvalue weighted by molar-refractivity contribution is 5.99. The van der Waals surface area contributed by atoms with Crippen LogP contribution in [0.15, 0.2) is 29.3 Å². The van der Waals surface area contributed by atoms with E-state index in [0.29, 0.717) is 23.0 Å². The smallest absolute Gasteiger partial charge is 0.263 e. The summed E-state index contributed by atoms with van der Waals surface area (Å²) in [5, 5.41) is 7.29. The number of Topliss-reactive ketones (excluding diaryl/α,β-unsaturated/α-hetero) is 1. The average molecular weight is 462 g/mol. The van der Waals surface area contributed by atoms with Crippen LogP contribution in [0.3, 0.4) is 0 Å². The number of carbonyl (C=O) groups excluding carboxylic acids is 1. The largest absolute Gasteiger partial charge is 0.314 e. The van der Waals surface area contributed by atoms with Crippen LogP contribution in [0.1, 0.15) is 60.1 Å². The highest BCUT2D eigenvalue weighted by Crippen LogP contribution is 2.32. The summed E-state index contributed by atoms with van der Waals surface area (Å²) in [4.78, 5) is 41.8. The number of carbonyl (C=O) groups is 1. The third kappa shape index (κ3) is 4.45. The molecule has 0 aromatic carbocycles. The van der Waals surface area contributed by atoms with Gasteiger partial charge in [0.15, 0.2) is 5.78 Å². The van der Waals surface area contributed by atoms with E-state index in [0.717, 1.165) is 69.4 Å². The number of hydrogen-bond acceptors (Lipinski definition) is 8. The predicted octanol–water partition coefficient (Wildman–Crippen LogP) is 2.96. The van der Waals surface area contributed by atoms with Gasteiger partial charge in [-0.15, -0.1) is 0 Å². The predicted molar refractivity (Wildman–Crippen MR) is 132 cm³/mol. The summed E-state index contributed by atoms with van der Waals surface area (Å²) >= 11 is 0. The monoisotopic (exact) mass is 461 g/mol. The van der Waals surface area contributed by atoms with Crippen LogP contribution < -0.4 is 16.2 Å². The number of hydrogen-bond donors (Lipinski definition) is 2. The normalized spacial score (nSPS) is 17.4. The molecule has 2 N–H and O–H groups in total. The quantitative estimate of drug-likeness (QED) is 0.540. The lowest BCUT2D eigenvalue weighted by atomic mass is 10.0. The van der Waals surface area contributed by atoms with Crippen LogP contribution in [-0.2, 0) is 6.54 Å². The van der Waals surface area contributed by atoms with E-state index in [1.807, 2.05) is 12.3 Å². The zero-order valence-electron chi connectivity index (χ0n) is 19.8. The fraction of sp³-hybridized carbons (Fsp3) is 0.480. The van der Waals surface area contributed by atoms with Crippen molar-refractivity contribution >= 4 is 28.6 Å². The Morgan fingerprint density at radius 3 is 2.59 bits per heavy atom. The van der Waals surface area contributed by atoms with E-state index in [4.69, 9.17) is 4.98 Å². The maximum absolute atomic E-state index is 13.3. The molecule has 1 aliphatic carbocycles. The van der Waals surface area contributed by atoms with Gasteiger partial charge in [-0.3, -0.25) is 19.1 Å². The Kier molecular flexibility index (Phi) is 6.38. The molecule has 1 aliphatic heterocycles. The second-order valence-corrected chi connectivity index (χ2v) is 9.30. The molecular weight excluding hydrogens is 430 g/mol. The Balaban J connectivity index is 1.45. The molecule has 1 saturated carbocycles. The van der Waals surface area contributed by atoms with E-state index in [-0.39, 0.29) is 22.9 Å². The SMILES string of the molecule is CC(=O)c1c(C)c2cnc(Nc3ccc(CN4CCNCC4)cn3)nc2n(C2CCCC2)c1=O. The van der Waals surface area contributed by atoms with Crippen LogP contribution in [-0.4, -0.2) is 56.4 Å². The first-order valence-electron chi connectivity index (χ1n) is 12.1. The van der Waals surface area contributed by atoms with Gasteiger partial charge >= 0.3 is 0 Å². The Morgan fingerprint density at radius 2 is 1.91 bits per heavy atom. The van der Waals surface area contributed by atoms with Crippen molar-refractivity contribution in [1.82, 2.24) is 29.7 Å². The number of anilines is 2. The van der Waals surface area contributed by atoms with Crippen molar-refractivity contribution in [2.75, 3.05) is 31.5 Å². The Hall–Kier alpha value is -3.17. The topological polar surface area (TPSA) is 105 Å². The summed E-state index contributed by atoms with van der Waals surface area (Å²) in [7, 11) is 0. The van der Waals surface area contributed by atoms with Gasteiger partial charge in [0.05, 0.1) is 5.56 Å². The zero-order valence-corrected chi connectivity index (χ0v) is 19.8. The lowest BCUT2D eigenvalue weighted by Gasteiger charge is -2.27. The molecule has 9 nitrogen and oxygen atoms in total. The second-order valence-electron chi connectivity index (χ2n) is 9.30. The van der Waals surface area contributed by atoms with Crippen LogP contribution in [0, 0.1) is 6.92 Å². The number of rotatable bonds is 6. The van der Waals surface area contributed by atoms with Gasteiger partial charge in [-0.05, 0) is 43.9 Å². The van der Waals surface area contributed by atoms with E-state index in [2.05, 4.69) is 31.6 Å². The summed E-state index contributed by atoms with van der Waals surface area (Å²) in [5.41, 5.74) is 2.38. The minimum atomic E-state index is -0.246. The van der Waals surface area contributed by atoms with Crippen molar-refractivity contribution in [1.29, 1.82) is 0 Å². The lowest BCUT2D eigenvalue weighted by molar-refractivity contribution is 0.101. The van der Waals surface area contributed by atoms with E-state index < -0.39 is 0 Å². The summed E-state index contributed by atoms with van der Waals surface area (Å²) in [6.45, 7) is 8.25. The Bertz CT molecular complexity index is 1260. The number of fused-ring (bicyclic) bond motifs is 1. The molecule has 2 fully saturated rings. The highest BCUT2D eigenvalue weighted by Gasteiger charge is 2.25. The van der Waals surface area contributed by atoms with Gasteiger partial charge in [-0.2, -0.15) is 4.98 Å². The van der Waals surface area contributed by atoms with Crippen LogP contribution in [0.25, 0.3) is 11.0 Å². The highest BCUT2D eigenvalue weighted by atomic mass is 16.1. The van der Waals surface area contributed by atoms with Gasteiger partial charge in [-0.25, -0.2) is 9.97 Å². The molecule has 1 saturated heterocycles. The third-order valence-corrected chi connectivity index (χ3v) is 6.93. The lowest BCUT2D eigenvalue weighted by Crippen LogP contribution is -2.42. The molecule has 178 valence electrons. The number of nitrogens with one attached hydrogen (secondary N) is 2. The summed E-state index contributed by atoms with van der Waals surface area (Å²) < 4.78 is 1.73. The molecule has 0 unspecified atom stereocenters. The van der Waals surface area contributed by atoms with Crippen molar-refractivity contribution in [2.45, 2.75) is 52.1 Å². The fourth-order valence-corrected chi connectivity index (χ4v) is 5.14. The zero-order chi connectivity index (χ0) is 23.7. The Labute approximate surface area is 198 Å². The van der Waals surface area contributed by atoms with E-state index in [1.165, 1.54) is 6.92 Å². The Morgan fingerprint density at radius 1 is 1.15 bits per heavy atom. The first kappa shape index (κ1) is 22.6. The molecule has 0 atom stereocenters. The molecule has 5 rings (SSSR count).